The fourth-order valence-corrected chi connectivity index (χ4v) is 3.20. The Balaban J connectivity index is 2.25. The number of hydrogen-bond acceptors (Lipinski definition) is 4. The van der Waals surface area contributed by atoms with Crippen LogP contribution in [-0.2, 0) is 26.4 Å². The van der Waals surface area contributed by atoms with Gasteiger partial charge in [0.05, 0.1) is 26.0 Å². The van der Waals surface area contributed by atoms with E-state index in [0.717, 1.165) is 36.7 Å². The molecule has 0 radical (unpaired) electrons. The third-order valence-corrected chi connectivity index (χ3v) is 4.49. The molecule has 0 amide bonds. The molecule has 0 atom stereocenters. The zero-order valence-electron chi connectivity index (χ0n) is 17.9. The molecule has 2 rings (SSSR count). The van der Waals surface area contributed by atoms with Crippen molar-refractivity contribution in [1.82, 2.24) is 15.1 Å². The van der Waals surface area contributed by atoms with E-state index in [1.54, 1.807) is 7.11 Å². The van der Waals surface area contributed by atoms with Crippen molar-refractivity contribution in [2.75, 3.05) is 25.6 Å². The number of nitrogens with zero attached hydrogens (tertiary/aromatic N) is 3. The molecule has 1 aromatic carbocycles. The Kier molecular flexibility index (Phi) is 8.17. The zero-order valence-corrected chi connectivity index (χ0v) is 17.9. The zero-order chi connectivity index (χ0) is 20.5. The molecule has 2 N–H and O–H groups in total. The number of rotatable bonds is 9. The highest BCUT2D eigenvalue weighted by molar-refractivity contribution is 5.93. The number of aliphatic imine (C=N–C) groups is 1. The fraction of sp³-hybridized carbons (Fsp3) is 0.524. The predicted molar refractivity (Wildman–Crippen MR) is 115 cm³/mol. The van der Waals surface area contributed by atoms with Gasteiger partial charge < -0.3 is 20.1 Å². The Hall–Kier alpha value is -2.70. The van der Waals surface area contributed by atoms with Gasteiger partial charge in [-0.1, -0.05) is 13.8 Å². The third kappa shape index (κ3) is 5.18. The molecule has 0 unspecified atom stereocenters. The normalized spacial score (nSPS) is 11.4. The van der Waals surface area contributed by atoms with E-state index < -0.39 is 0 Å². The summed E-state index contributed by atoms with van der Waals surface area (Å²) in [7, 11) is 3.64. The number of aryl methyl sites for hydroxylation is 2. The molecule has 1 aromatic heterocycles. The lowest BCUT2D eigenvalue weighted by Gasteiger charge is -2.14. The predicted octanol–water partition coefficient (Wildman–Crippen LogP) is 3.53. The maximum atomic E-state index is 5.67. The van der Waals surface area contributed by atoms with Crippen molar-refractivity contribution in [3.05, 3.63) is 35.2 Å². The Morgan fingerprint density at radius 3 is 2.54 bits per heavy atom. The number of benzene rings is 1. The van der Waals surface area contributed by atoms with Crippen LogP contribution in [0.4, 0.5) is 5.69 Å². The lowest BCUT2D eigenvalue weighted by atomic mass is 10.1. The SMILES string of the molecule is CCNC(=NCc1c(CC)nn(C)c1CC)Nc1ccc(OC)c(OCC)c1. The van der Waals surface area contributed by atoms with Crippen LogP contribution >= 0.6 is 0 Å². The van der Waals surface area contributed by atoms with Crippen LogP contribution in [0.1, 0.15) is 44.6 Å². The lowest BCUT2D eigenvalue weighted by Crippen LogP contribution is -2.30. The summed E-state index contributed by atoms with van der Waals surface area (Å²) in [6.07, 6.45) is 1.84. The highest BCUT2D eigenvalue weighted by atomic mass is 16.5. The summed E-state index contributed by atoms with van der Waals surface area (Å²) in [5.74, 6) is 2.15. The van der Waals surface area contributed by atoms with Crippen molar-refractivity contribution in [2.24, 2.45) is 12.0 Å². The minimum Gasteiger partial charge on any atom is -0.493 e. The monoisotopic (exact) mass is 387 g/mol. The minimum absolute atomic E-state index is 0.578. The van der Waals surface area contributed by atoms with Gasteiger partial charge in [0.2, 0.25) is 0 Å². The Labute approximate surface area is 168 Å². The van der Waals surface area contributed by atoms with Gasteiger partial charge in [-0.25, -0.2) is 4.99 Å². The van der Waals surface area contributed by atoms with E-state index in [-0.39, 0.29) is 0 Å². The highest BCUT2D eigenvalue weighted by Gasteiger charge is 2.13. The maximum absolute atomic E-state index is 5.67. The van der Waals surface area contributed by atoms with Gasteiger partial charge in [0.25, 0.3) is 0 Å². The number of anilines is 1. The number of hydrogen-bond donors (Lipinski definition) is 2. The van der Waals surface area contributed by atoms with Gasteiger partial charge in [-0.15, -0.1) is 0 Å². The largest absolute Gasteiger partial charge is 0.493 e. The molecule has 2 aromatic rings. The topological polar surface area (TPSA) is 72.7 Å². The van der Waals surface area contributed by atoms with E-state index in [9.17, 15) is 0 Å². The quantitative estimate of drug-likeness (QED) is 0.509. The highest BCUT2D eigenvalue weighted by Crippen LogP contribution is 2.30. The fourth-order valence-electron chi connectivity index (χ4n) is 3.20. The minimum atomic E-state index is 0.578. The molecule has 0 aliphatic heterocycles. The summed E-state index contributed by atoms with van der Waals surface area (Å²) in [5.41, 5.74) is 4.46. The third-order valence-electron chi connectivity index (χ3n) is 4.49. The Morgan fingerprint density at radius 1 is 1.14 bits per heavy atom. The summed E-state index contributed by atoms with van der Waals surface area (Å²) in [6.45, 7) is 10.2. The number of guanidine groups is 1. The maximum Gasteiger partial charge on any atom is 0.196 e. The molecule has 1 heterocycles. The van der Waals surface area contributed by atoms with Gasteiger partial charge in [0.15, 0.2) is 17.5 Å². The van der Waals surface area contributed by atoms with Crippen molar-refractivity contribution in [3.8, 4) is 11.5 Å². The van der Waals surface area contributed by atoms with Crippen molar-refractivity contribution >= 4 is 11.6 Å². The van der Waals surface area contributed by atoms with Crippen LogP contribution in [0.3, 0.4) is 0 Å². The van der Waals surface area contributed by atoms with Gasteiger partial charge in [-0.2, -0.15) is 5.10 Å². The van der Waals surface area contributed by atoms with Crippen LogP contribution in [0.2, 0.25) is 0 Å². The Morgan fingerprint density at radius 2 is 1.93 bits per heavy atom. The van der Waals surface area contributed by atoms with Crippen LogP contribution in [0, 0.1) is 0 Å². The van der Waals surface area contributed by atoms with Gasteiger partial charge in [0.1, 0.15) is 0 Å². The summed E-state index contributed by atoms with van der Waals surface area (Å²) in [5, 5.41) is 11.3. The average Bonchev–Trinajstić information content (AvgIpc) is 3.01. The van der Waals surface area contributed by atoms with E-state index >= 15 is 0 Å². The molecule has 7 heteroatoms. The number of methoxy groups -OCH3 is 1. The lowest BCUT2D eigenvalue weighted by molar-refractivity contribution is 0.311. The summed E-state index contributed by atoms with van der Waals surface area (Å²) < 4.78 is 13.0. The number of ether oxygens (including phenoxy) is 2. The van der Waals surface area contributed by atoms with Crippen molar-refractivity contribution in [3.63, 3.8) is 0 Å². The second kappa shape index (κ2) is 10.6. The molecule has 0 fully saturated rings. The summed E-state index contributed by atoms with van der Waals surface area (Å²) >= 11 is 0. The standard InChI is InChI=1S/C21H33N5O2/c1-7-17-16(18(8-2)26(5)25-17)14-23-21(22-9-3)24-15-11-12-19(27-6)20(13-15)28-10-4/h11-13H,7-10,14H2,1-6H3,(H2,22,23,24). The van der Waals surface area contributed by atoms with Gasteiger partial charge in [-0.3, -0.25) is 4.68 Å². The first kappa shape index (κ1) is 21.6. The molecule has 28 heavy (non-hydrogen) atoms. The van der Waals surface area contributed by atoms with Crippen LogP contribution in [0.15, 0.2) is 23.2 Å². The average molecular weight is 388 g/mol. The molecule has 0 saturated heterocycles. The molecule has 0 aliphatic carbocycles. The number of nitrogens with one attached hydrogen (secondary N) is 2. The smallest absolute Gasteiger partial charge is 0.196 e. The molecule has 0 saturated carbocycles. The van der Waals surface area contributed by atoms with Gasteiger partial charge in [-0.05, 0) is 38.8 Å². The first-order valence-corrected chi connectivity index (χ1v) is 9.97. The van der Waals surface area contributed by atoms with Crippen LogP contribution in [0.25, 0.3) is 0 Å². The molecular weight excluding hydrogens is 354 g/mol. The van der Waals surface area contributed by atoms with Gasteiger partial charge in [0, 0.05) is 36.6 Å². The van der Waals surface area contributed by atoms with Crippen LogP contribution < -0.4 is 20.1 Å². The molecular formula is C21H33N5O2. The molecule has 7 nitrogen and oxygen atoms in total. The van der Waals surface area contributed by atoms with E-state index in [0.29, 0.717) is 24.7 Å². The van der Waals surface area contributed by atoms with E-state index in [1.165, 1.54) is 11.3 Å². The van der Waals surface area contributed by atoms with Crippen LogP contribution in [0.5, 0.6) is 11.5 Å². The second-order valence-corrected chi connectivity index (χ2v) is 6.32. The van der Waals surface area contributed by atoms with E-state index in [2.05, 4.69) is 36.5 Å². The van der Waals surface area contributed by atoms with Crippen molar-refractivity contribution < 1.29 is 9.47 Å². The van der Waals surface area contributed by atoms with E-state index in [4.69, 9.17) is 14.5 Å². The van der Waals surface area contributed by atoms with Crippen LogP contribution in [-0.4, -0.2) is 36.0 Å². The first-order chi connectivity index (χ1) is 13.6. The van der Waals surface area contributed by atoms with E-state index in [1.807, 2.05) is 36.9 Å². The Bertz CT molecular complexity index is 798. The summed E-state index contributed by atoms with van der Waals surface area (Å²) in [4.78, 5) is 4.80. The summed E-state index contributed by atoms with van der Waals surface area (Å²) in [6, 6.07) is 5.77. The van der Waals surface area contributed by atoms with Gasteiger partial charge >= 0.3 is 0 Å². The number of aromatic nitrogens is 2. The second-order valence-electron chi connectivity index (χ2n) is 6.32. The van der Waals surface area contributed by atoms with Crippen molar-refractivity contribution in [2.45, 2.75) is 47.1 Å². The van der Waals surface area contributed by atoms with Crippen molar-refractivity contribution in [1.29, 1.82) is 0 Å². The molecule has 0 spiro atoms. The molecule has 0 bridgehead atoms. The molecule has 0 aliphatic rings. The first-order valence-electron chi connectivity index (χ1n) is 9.97. The molecule has 154 valence electrons.